The number of allylic oxidation sites excluding steroid dienone is 1. The van der Waals surface area contributed by atoms with Crippen LogP contribution < -0.4 is 14.9 Å². The molecule has 39 heavy (non-hydrogen) atoms. The summed E-state index contributed by atoms with van der Waals surface area (Å²) in [6.45, 7) is 5.31. The van der Waals surface area contributed by atoms with E-state index in [9.17, 15) is 23.9 Å². The number of hydrogen-bond acceptors (Lipinski definition) is 7. The molecule has 5 rings (SSSR count). The molecule has 0 amide bonds. The van der Waals surface area contributed by atoms with E-state index in [0.29, 0.717) is 32.1 Å². The van der Waals surface area contributed by atoms with Crippen molar-refractivity contribution in [2.75, 3.05) is 6.61 Å². The minimum absolute atomic E-state index is 0.148. The fraction of sp³-hybridized carbons (Fsp3) is 0.172. The average Bonchev–Trinajstić information content (AvgIpc) is 3.48. The molecule has 0 spiro atoms. The van der Waals surface area contributed by atoms with Crippen molar-refractivity contribution in [1.82, 2.24) is 4.57 Å². The Labute approximate surface area is 225 Å². The van der Waals surface area contributed by atoms with Crippen LogP contribution in [0.2, 0.25) is 0 Å². The smallest absolute Gasteiger partial charge is 0.338 e. The Morgan fingerprint density at radius 2 is 1.90 bits per heavy atom. The van der Waals surface area contributed by atoms with Gasteiger partial charge in [-0.1, -0.05) is 29.5 Å². The number of fused-ring (bicyclic) bond motifs is 1. The van der Waals surface area contributed by atoms with Crippen LogP contribution in [0.3, 0.4) is 0 Å². The van der Waals surface area contributed by atoms with Crippen molar-refractivity contribution in [3.05, 3.63) is 114 Å². The number of carboxylic acids is 1. The number of furan rings is 1. The van der Waals surface area contributed by atoms with E-state index >= 15 is 0 Å². The predicted molar refractivity (Wildman–Crippen MR) is 143 cm³/mol. The molecule has 0 bridgehead atoms. The number of aromatic nitrogens is 1. The molecule has 0 unspecified atom stereocenters. The number of carbonyl (C=O) groups excluding carboxylic acids is 1. The molecule has 10 heteroatoms. The molecule has 198 valence electrons. The van der Waals surface area contributed by atoms with Crippen LogP contribution in [-0.4, -0.2) is 28.2 Å². The molecule has 1 N–H and O–H groups in total. The Hall–Kier alpha value is -4.57. The summed E-state index contributed by atoms with van der Waals surface area (Å²) in [7, 11) is 0. The number of rotatable bonds is 6. The van der Waals surface area contributed by atoms with Gasteiger partial charge in [-0.3, -0.25) is 9.36 Å². The van der Waals surface area contributed by atoms with E-state index in [2.05, 4.69) is 4.99 Å². The predicted octanol–water partition coefficient (Wildman–Crippen LogP) is 4.20. The number of carbonyl (C=O) groups is 2. The molecule has 0 radical (unpaired) electrons. The fourth-order valence-electron chi connectivity index (χ4n) is 4.53. The number of nitrogens with zero attached hydrogens (tertiary/aromatic N) is 2. The maximum atomic E-state index is 13.7. The molecular formula is C29H23FN2O6S. The highest BCUT2D eigenvalue weighted by molar-refractivity contribution is 7.07. The topological polar surface area (TPSA) is 111 Å². The summed E-state index contributed by atoms with van der Waals surface area (Å²) >= 11 is 1.15. The number of carboxylic acid groups (broad SMARTS) is 1. The number of aromatic carboxylic acids is 1. The number of aryl methyl sites for hydroxylation is 1. The van der Waals surface area contributed by atoms with Gasteiger partial charge in [0.15, 0.2) is 4.80 Å². The van der Waals surface area contributed by atoms with E-state index < -0.39 is 23.8 Å². The maximum absolute atomic E-state index is 13.7. The van der Waals surface area contributed by atoms with Crippen molar-refractivity contribution in [2.24, 2.45) is 4.99 Å². The van der Waals surface area contributed by atoms with Gasteiger partial charge in [-0.05, 0) is 68.3 Å². The number of hydrogen-bond donors (Lipinski definition) is 1. The molecular weight excluding hydrogens is 523 g/mol. The standard InChI is InChI=1S/C29H23FN2O6S/c1-4-37-28(36)24-16(3)31-29-32(25(24)17-5-8-19(30)9-6-17)26(33)23(39-29)14-20-10-12-22(38-20)21-11-7-18(27(34)35)13-15(21)2/h5-14,25H,4H2,1-3H3,(H,34,35)/b23-14-/t25-/m0/s1. The van der Waals surface area contributed by atoms with Crippen molar-refractivity contribution >= 4 is 29.4 Å². The van der Waals surface area contributed by atoms with Crippen molar-refractivity contribution in [3.8, 4) is 11.3 Å². The number of benzene rings is 2. The first-order valence-electron chi connectivity index (χ1n) is 12.1. The lowest BCUT2D eigenvalue weighted by Gasteiger charge is -2.24. The van der Waals surface area contributed by atoms with Crippen LogP contribution in [0, 0.1) is 12.7 Å². The first-order chi connectivity index (χ1) is 18.7. The Balaban J connectivity index is 1.60. The fourth-order valence-corrected chi connectivity index (χ4v) is 5.56. The van der Waals surface area contributed by atoms with Crippen molar-refractivity contribution in [3.63, 3.8) is 0 Å². The van der Waals surface area contributed by atoms with Gasteiger partial charge in [-0.2, -0.15) is 0 Å². The quantitative estimate of drug-likeness (QED) is 0.363. The van der Waals surface area contributed by atoms with Gasteiger partial charge in [0.05, 0.1) is 34.0 Å². The van der Waals surface area contributed by atoms with Gasteiger partial charge in [0.1, 0.15) is 17.3 Å². The lowest BCUT2D eigenvalue weighted by Crippen LogP contribution is -2.39. The number of thiazole rings is 1. The molecule has 2 aromatic heterocycles. The Morgan fingerprint density at radius 3 is 2.56 bits per heavy atom. The summed E-state index contributed by atoms with van der Waals surface area (Å²) in [5.74, 6) is -1.11. The summed E-state index contributed by atoms with van der Waals surface area (Å²) in [6.07, 6.45) is 1.60. The first-order valence-corrected chi connectivity index (χ1v) is 12.9. The Kier molecular flexibility index (Phi) is 6.88. The van der Waals surface area contributed by atoms with Crippen LogP contribution in [0.4, 0.5) is 4.39 Å². The zero-order valence-electron chi connectivity index (χ0n) is 21.2. The van der Waals surface area contributed by atoms with E-state index in [1.165, 1.54) is 34.9 Å². The summed E-state index contributed by atoms with van der Waals surface area (Å²) in [5, 5.41) is 9.22. The average molecular weight is 547 g/mol. The highest BCUT2D eigenvalue weighted by atomic mass is 32.1. The third kappa shape index (κ3) is 4.86. The first kappa shape index (κ1) is 26.1. The van der Waals surface area contributed by atoms with E-state index in [-0.39, 0.29) is 23.3 Å². The second-order valence-electron chi connectivity index (χ2n) is 8.89. The van der Waals surface area contributed by atoms with Gasteiger partial charge in [-0.15, -0.1) is 0 Å². The minimum Gasteiger partial charge on any atom is -0.478 e. The summed E-state index contributed by atoms with van der Waals surface area (Å²) in [5.41, 5.74) is 2.42. The molecule has 8 nitrogen and oxygen atoms in total. The van der Waals surface area contributed by atoms with E-state index in [1.54, 1.807) is 51.1 Å². The van der Waals surface area contributed by atoms with E-state index in [1.807, 2.05) is 0 Å². The van der Waals surface area contributed by atoms with Crippen LogP contribution in [-0.2, 0) is 9.53 Å². The van der Waals surface area contributed by atoms with Gasteiger partial charge in [-0.25, -0.2) is 19.0 Å². The summed E-state index contributed by atoms with van der Waals surface area (Å²) < 4.78 is 26.7. The van der Waals surface area contributed by atoms with Gasteiger partial charge >= 0.3 is 11.9 Å². The van der Waals surface area contributed by atoms with Crippen molar-refractivity contribution in [1.29, 1.82) is 0 Å². The molecule has 2 aromatic carbocycles. The van der Waals surface area contributed by atoms with Crippen LogP contribution in [0.5, 0.6) is 0 Å². The SMILES string of the molecule is CCOC(=O)C1=C(C)N=c2s/c(=C\c3ccc(-c4ccc(C(=O)O)cc4C)o3)c(=O)n2[C@H]1c1ccc(F)cc1. The second-order valence-corrected chi connectivity index (χ2v) is 9.90. The van der Waals surface area contributed by atoms with Crippen LogP contribution in [0.1, 0.15) is 47.1 Å². The second kappa shape index (κ2) is 10.3. The van der Waals surface area contributed by atoms with Gasteiger partial charge < -0.3 is 14.3 Å². The third-order valence-electron chi connectivity index (χ3n) is 6.34. The van der Waals surface area contributed by atoms with Crippen molar-refractivity contribution in [2.45, 2.75) is 26.8 Å². The maximum Gasteiger partial charge on any atom is 0.338 e. The molecule has 0 aliphatic carbocycles. The number of ether oxygens (including phenoxy) is 1. The van der Waals surface area contributed by atoms with Crippen LogP contribution in [0.15, 0.2) is 80.1 Å². The van der Waals surface area contributed by atoms with E-state index in [0.717, 1.165) is 22.5 Å². The molecule has 0 fully saturated rings. The molecule has 4 aromatic rings. The monoisotopic (exact) mass is 546 g/mol. The zero-order chi connectivity index (χ0) is 27.8. The Morgan fingerprint density at radius 1 is 1.15 bits per heavy atom. The highest BCUT2D eigenvalue weighted by Crippen LogP contribution is 2.31. The number of halogens is 1. The third-order valence-corrected chi connectivity index (χ3v) is 7.32. The summed E-state index contributed by atoms with van der Waals surface area (Å²) in [4.78, 5) is 42.7. The highest BCUT2D eigenvalue weighted by Gasteiger charge is 2.33. The van der Waals surface area contributed by atoms with Gasteiger partial charge in [0, 0.05) is 11.6 Å². The molecule has 0 saturated heterocycles. The zero-order valence-corrected chi connectivity index (χ0v) is 22.0. The minimum atomic E-state index is -1.01. The number of esters is 1. The molecule has 1 aliphatic heterocycles. The molecule has 1 aliphatic rings. The normalized spacial score (nSPS) is 15.2. The lowest BCUT2D eigenvalue weighted by molar-refractivity contribution is -0.139. The van der Waals surface area contributed by atoms with Crippen LogP contribution >= 0.6 is 11.3 Å². The molecule has 1 atom stereocenters. The van der Waals surface area contributed by atoms with Gasteiger partial charge in [0.2, 0.25) is 0 Å². The lowest BCUT2D eigenvalue weighted by atomic mass is 9.96. The Bertz CT molecular complexity index is 1830. The van der Waals surface area contributed by atoms with Crippen LogP contribution in [0.25, 0.3) is 17.4 Å². The summed E-state index contributed by atoms with van der Waals surface area (Å²) in [6, 6.07) is 13.0. The van der Waals surface area contributed by atoms with E-state index in [4.69, 9.17) is 9.15 Å². The molecule has 0 saturated carbocycles. The van der Waals surface area contributed by atoms with Crippen molar-refractivity contribution < 1.29 is 28.2 Å². The molecule has 3 heterocycles. The largest absolute Gasteiger partial charge is 0.478 e. The van der Waals surface area contributed by atoms with Gasteiger partial charge in [0.25, 0.3) is 5.56 Å².